The van der Waals surface area contributed by atoms with Gasteiger partial charge in [0.1, 0.15) is 0 Å². The van der Waals surface area contributed by atoms with Gasteiger partial charge in [0, 0.05) is 7.11 Å². The maximum absolute atomic E-state index is 14.9. The van der Waals surface area contributed by atoms with Crippen LogP contribution in [-0.2, 0) is 9.47 Å². The largest absolute Gasteiger partial charge is 0.461 e. The third-order valence-corrected chi connectivity index (χ3v) is 5.97. The predicted octanol–water partition coefficient (Wildman–Crippen LogP) is 5.90. The first kappa shape index (κ1) is 25.7. The van der Waals surface area contributed by atoms with Crippen LogP contribution in [0.25, 0.3) is 0 Å². The van der Waals surface area contributed by atoms with E-state index in [4.69, 9.17) is 21.1 Å². The van der Waals surface area contributed by atoms with Crippen molar-refractivity contribution >= 4 is 39.2 Å². The molecule has 7 nitrogen and oxygen atoms in total. The number of nitrogens with one attached hydrogen (secondary N) is 1. The standard InChI is InChI=1S/C24H23BrClFN4O3/c1-4-34-23(32)21-22(31(24(25)30-21)14(2)13-33-3)20(16-10-8-15(12-28)9-11-16)29-18-7-5-6-17(26)19(18)27/h5-11,14,20,29H,4,13H2,1-3H3/t14-,20?/m1/s1. The van der Waals surface area contributed by atoms with Gasteiger partial charge >= 0.3 is 5.97 Å². The molecule has 1 aromatic heterocycles. The SMILES string of the molecule is CCOC(=O)c1nc(Br)n([C@H](C)COC)c1C(Nc1cccc(Cl)c1F)c1ccc(C#N)cc1. The molecule has 0 saturated carbocycles. The van der Waals surface area contributed by atoms with Crippen molar-refractivity contribution in [3.63, 3.8) is 0 Å². The van der Waals surface area contributed by atoms with Gasteiger partial charge in [-0.2, -0.15) is 5.26 Å². The number of halogens is 3. The van der Waals surface area contributed by atoms with Gasteiger partial charge < -0.3 is 19.4 Å². The number of rotatable bonds is 9. The van der Waals surface area contributed by atoms with E-state index < -0.39 is 17.8 Å². The zero-order valence-electron chi connectivity index (χ0n) is 18.8. The molecule has 0 radical (unpaired) electrons. The summed E-state index contributed by atoms with van der Waals surface area (Å²) < 4.78 is 27.7. The van der Waals surface area contributed by atoms with Gasteiger partial charge in [-0.15, -0.1) is 0 Å². The first-order valence-corrected chi connectivity index (χ1v) is 11.6. The van der Waals surface area contributed by atoms with Crippen LogP contribution in [0.4, 0.5) is 10.1 Å². The molecule has 2 atom stereocenters. The third kappa shape index (κ3) is 5.41. The minimum Gasteiger partial charge on any atom is -0.461 e. The first-order chi connectivity index (χ1) is 16.3. The minimum atomic E-state index is -0.752. The van der Waals surface area contributed by atoms with Crippen molar-refractivity contribution in [3.8, 4) is 6.07 Å². The van der Waals surface area contributed by atoms with Gasteiger partial charge in [-0.25, -0.2) is 14.2 Å². The second-order valence-corrected chi connectivity index (χ2v) is 8.54. The molecular weight excluding hydrogens is 527 g/mol. The molecule has 1 N–H and O–H groups in total. The fourth-order valence-electron chi connectivity index (χ4n) is 3.61. The maximum Gasteiger partial charge on any atom is 0.358 e. The molecule has 178 valence electrons. The van der Waals surface area contributed by atoms with Crippen LogP contribution in [0.5, 0.6) is 0 Å². The lowest BCUT2D eigenvalue weighted by Crippen LogP contribution is -2.24. The molecule has 1 unspecified atom stereocenters. The Morgan fingerprint density at radius 2 is 2.03 bits per heavy atom. The quantitative estimate of drug-likeness (QED) is 0.335. The Labute approximate surface area is 210 Å². The van der Waals surface area contributed by atoms with Gasteiger partial charge in [0.05, 0.1) is 53.3 Å². The summed E-state index contributed by atoms with van der Waals surface area (Å²) in [7, 11) is 1.57. The molecule has 0 fully saturated rings. The van der Waals surface area contributed by atoms with E-state index in [0.29, 0.717) is 28.2 Å². The van der Waals surface area contributed by atoms with Gasteiger partial charge in [0.25, 0.3) is 0 Å². The molecule has 0 bridgehead atoms. The van der Waals surface area contributed by atoms with Crippen molar-refractivity contribution in [3.05, 3.63) is 80.6 Å². The summed E-state index contributed by atoms with van der Waals surface area (Å²) in [6, 6.07) is 12.5. The van der Waals surface area contributed by atoms with Gasteiger partial charge in [-0.1, -0.05) is 29.8 Å². The van der Waals surface area contributed by atoms with E-state index in [1.807, 2.05) is 6.92 Å². The van der Waals surface area contributed by atoms with E-state index in [0.717, 1.165) is 0 Å². The van der Waals surface area contributed by atoms with Crippen LogP contribution in [0.15, 0.2) is 47.2 Å². The molecule has 0 amide bonds. The summed E-state index contributed by atoms with van der Waals surface area (Å²) in [5.74, 6) is -1.25. The normalized spacial score (nSPS) is 12.6. The van der Waals surface area contributed by atoms with Crippen LogP contribution in [-0.4, -0.2) is 35.8 Å². The van der Waals surface area contributed by atoms with Crippen molar-refractivity contribution in [1.82, 2.24) is 9.55 Å². The Morgan fingerprint density at radius 3 is 2.65 bits per heavy atom. The number of ether oxygens (including phenoxy) is 2. The topological polar surface area (TPSA) is 89.2 Å². The minimum absolute atomic E-state index is 0.0448. The number of carbonyl (C=O) groups is 1. The molecule has 0 saturated heterocycles. The van der Waals surface area contributed by atoms with Crippen LogP contribution in [0.1, 0.15) is 53.2 Å². The van der Waals surface area contributed by atoms with Crippen molar-refractivity contribution in [1.29, 1.82) is 5.26 Å². The zero-order chi connectivity index (χ0) is 24.8. The molecule has 10 heteroatoms. The number of nitriles is 1. The highest BCUT2D eigenvalue weighted by molar-refractivity contribution is 9.10. The lowest BCUT2D eigenvalue weighted by molar-refractivity contribution is 0.0518. The molecule has 3 rings (SSSR count). The fraction of sp³-hybridized carbons (Fsp3) is 0.292. The second-order valence-electron chi connectivity index (χ2n) is 7.42. The van der Waals surface area contributed by atoms with Gasteiger partial charge in [0.15, 0.2) is 16.2 Å². The van der Waals surface area contributed by atoms with E-state index in [2.05, 4.69) is 32.3 Å². The van der Waals surface area contributed by atoms with Crippen LogP contribution in [0.2, 0.25) is 5.02 Å². The summed E-state index contributed by atoms with van der Waals surface area (Å²) >= 11 is 9.47. The van der Waals surface area contributed by atoms with E-state index in [-0.39, 0.29) is 29.1 Å². The lowest BCUT2D eigenvalue weighted by atomic mass is 9.99. The number of hydrogen-bond acceptors (Lipinski definition) is 6. The molecule has 0 aliphatic rings. The molecule has 34 heavy (non-hydrogen) atoms. The highest BCUT2D eigenvalue weighted by Gasteiger charge is 2.32. The highest BCUT2D eigenvalue weighted by atomic mass is 79.9. The number of nitrogens with zero attached hydrogens (tertiary/aromatic N) is 3. The summed E-state index contributed by atoms with van der Waals surface area (Å²) in [5.41, 5.74) is 1.78. The Kier molecular flexibility index (Phi) is 8.67. The van der Waals surface area contributed by atoms with Crippen LogP contribution in [0, 0.1) is 17.1 Å². The number of esters is 1. The number of methoxy groups -OCH3 is 1. The maximum atomic E-state index is 14.9. The molecule has 2 aromatic carbocycles. The molecule has 0 spiro atoms. The van der Waals surface area contributed by atoms with Gasteiger partial charge in [-0.05, 0) is 59.6 Å². The van der Waals surface area contributed by atoms with Crippen molar-refractivity contribution in [2.45, 2.75) is 25.9 Å². The third-order valence-electron chi connectivity index (χ3n) is 5.12. The van der Waals surface area contributed by atoms with Crippen molar-refractivity contribution < 1.29 is 18.7 Å². The summed E-state index contributed by atoms with van der Waals surface area (Å²) in [6.45, 7) is 4.10. The second kappa shape index (κ2) is 11.5. The molecule has 0 aliphatic carbocycles. The van der Waals surface area contributed by atoms with Crippen molar-refractivity contribution in [2.75, 3.05) is 25.6 Å². The fourth-order valence-corrected chi connectivity index (χ4v) is 4.50. The zero-order valence-corrected chi connectivity index (χ0v) is 21.2. The van der Waals surface area contributed by atoms with Crippen molar-refractivity contribution in [2.24, 2.45) is 0 Å². The first-order valence-electron chi connectivity index (χ1n) is 10.5. The number of carbonyl (C=O) groups excluding carboxylic acids is 1. The van der Waals surface area contributed by atoms with Gasteiger partial charge in [-0.3, -0.25) is 0 Å². The Hall–Kier alpha value is -2.93. The lowest BCUT2D eigenvalue weighted by Gasteiger charge is -2.26. The molecule has 1 heterocycles. The smallest absolute Gasteiger partial charge is 0.358 e. The average Bonchev–Trinajstić information content (AvgIpc) is 3.17. The number of aromatic nitrogens is 2. The monoisotopic (exact) mass is 548 g/mol. The van der Waals surface area contributed by atoms with Crippen LogP contribution in [0.3, 0.4) is 0 Å². The Bertz CT molecular complexity index is 1210. The summed E-state index contributed by atoms with van der Waals surface area (Å²) in [5, 5.41) is 12.3. The van der Waals surface area contributed by atoms with E-state index >= 15 is 0 Å². The number of imidazole rings is 1. The van der Waals surface area contributed by atoms with Gasteiger partial charge in [0.2, 0.25) is 0 Å². The summed E-state index contributed by atoms with van der Waals surface area (Å²) in [4.78, 5) is 17.3. The Balaban J connectivity index is 2.27. The van der Waals surface area contributed by atoms with E-state index in [1.54, 1.807) is 55.0 Å². The summed E-state index contributed by atoms with van der Waals surface area (Å²) in [6.07, 6.45) is 0. The van der Waals surface area contributed by atoms with Crippen LogP contribution >= 0.6 is 27.5 Å². The Morgan fingerprint density at radius 1 is 1.32 bits per heavy atom. The predicted molar refractivity (Wildman–Crippen MR) is 131 cm³/mol. The van der Waals surface area contributed by atoms with E-state index in [1.165, 1.54) is 6.07 Å². The molecule has 0 aliphatic heterocycles. The molecule has 3 aromatic rings. The average molecular weight is 550 g/mol. The molecular formula is C24H23BrClFN4O3. The number of benzene rings is 2. The van der Waals surface area contributed by atoms with E-state index in [9.17, 15) is 14.4 Å². The van der Waals surface area contributed by atoms with Crippen LogP contribution < -0.4 is 5.32 Å². The number of hydrogen-bond donors (Lipinski definition) is 1. The highest BCUT2D eigenvalue weighted by Crippen LogP contribution is 2.36. The number of anilines is 1.